The average molecular weight is 545 g/mol. The number of hydrogen-bond donors (Lipinski definition) is 5. The van der Waals surface area contributed by atoms with Gasteiger partial charge >= 0.3 is 0 Å². The molecule has 0 saturated heterocycles. The number of aromatic amines is 1. The molecule has 37 heavy (non-hydrogen) atoms. The summed E-state index contributed by atoms with van der Waals surface area (Å²) in [6.45, 7) is 1.80. The minimum Gasteiger partial charge on any atom is -0.355 e. The Morgan fingerprint density at radius 1 is 1.03 bits per heavy atom. The van der Waals surface area contributed by atoms with E-state index >= 15 is 0 Å². The smallest absolute Gasteiger partial charge is 0.295 e. The molecular formula is C23H20N4O8S2. The van der Waals surface area contributed by atoms with Crippen molar-refractivity contribution >= 4 is 50.7 Å². The molecule has 0 bridgehead atoms. The number of hydrogen-bond acceptors (Lipinski definition) is 9. The molecule has 0 aliphatic carbocycles. The van der Waals surface area contributed by atoms with Gasteiger partial charge in [0.25, 0.3) is 21.9 Å². The predicted molar refractivity (Wildman–Crippen MR) is 135 cm³/mol. The number of amides is 2. The number of nitrogens with one attached hydrogen (secondary N) is 3. The largest absolute Gasteiger partial charge is 0.355 e. The molecule has 0 spiro atoms. The van der Waals surface area contributed by atoms with Crippen molar-refractivity contribution < 1.29 is 37.2 Å². The van der Waals surface area contributed by atoms with E-state index in [4.69, 9.17) is 5.26 Å². The maximum absolute atomic E-state index is 12.8. The molecule has 4 rings (SSSR count). The van der Waals surface area contributed by atoms with E-state index in [0.29, 0.717) is 39.1 Å². The molecule has 14 heteroatoms. The fraction of sp³-hybridized carbons (Fsp3) is 0.0870. The zero-order valence-electron chi connectivity index (χ0n) is 19.3. The van der Waals surface area contributed by atoms with Crippen LogP contribution in [-0.4, -0.2) is 47.1 Å². The number of nitrogens with zero attached hydrogens (tertiary/aromatic N) is 1. The summed E-state index contributed by atoms with van der Waals surface area (Å²) >= 11 is 0.638. The summed E-state index contributed by atoms with van der Waals surface area (Å²) in [7, 11) is -3.23. The van der Waals surface area contributed by atoms with Gasteiger partial charge < -0.3 is 15.6 Å². The highest BCUT2D eigenvalue weighted by Crippen LogP contribution is 2.37. The molecule has 2 amide bonds. The molecule has 0 unspecified atom stereocenters. The van der Waals surface area contributed by atoms with Crippen LogP contribution in [-0.2, 0) is 19.5 Å². The van der Waals surface area contributed by atoms with Gasteiger partial charge in [-0.25, -0.2) is 10.2 Å². The topological polar surface area (TPSA) is 180 Å². The van der Waals surface area contributed by atoms with E-state index in [0.717, 1.165) is 11.6 Å². The standard InChI is InChI=1S/C23H20N4O8S2/c1-12-3-6-15(19(9-12)36-35-34-30)16-7-5-14(11-20(16)37(31,32)33)25-23(29)21-26-17-8-4-13(22(28)24-2)10-18(17)27-21/h3-11,30H,1-2H3,(H,24,28)(H,25,29)(H,26,27)(H,31,32,33). The fourth-order valence-corrected chi connectivity index (χ4v) is 4.94. The molecule has 12 nitrogen and oxygen atoms in total. The highest BCUT2D eigenvalue weighted by atomic mass is 32.2. The van der Waals surface area contributed by atoms with E-state index in [2.05, 4.69) is 30.0 Å². The summed E-state index contributed by atoms with van der Waals surface area (Å²) in [5, 5.41) is 17.2. The Morgan fingerprint density at radius 2 is 1.78 bits per heavy atom. The molecule has 0 atom stereocenters. The lowest BCUT2D eigenvalue weighted by Gasteiger charge is -2.14. The van der Waals surface area contributed by atoms with E-state index in [1.807, 2.05) is 0 Å². The Labute approximate surface area is 214 Å². The van der Waals surface area contributed by atoms with Crippen molar-refractivity contribution in [3.8, 4) is 11.1 Å². The highest BCUT2D eigenvalue weighted by molar-refractivity contribution is 7.94. The number of carbonyl (C=O) groups is 2. The maximum Gasteiger partial charge on any atom is 0.295 e. The van der Waals surface area contributed by atoms with Crippen molar-refractivity contribution in [3.63, 3.8) is 0 Å². The summed E-state index contributed by atoms with van der Waals surface area (Å²) in [5.74, 6) is -1.04. The Hall–Kier alpha value is -3.79. The van der Waals surface area contributed by atoms with Crippen molar-refractivity contribution in [3.05, 3.63) is 71.5 Å². The first-order chi connectivity index (χ1) is 17.6. The number of aryl methyl sites for hydroxylation is 1. The number of fused-ring (bicyclic) bond motifs is 1. The highest BCUT2D eigenvalue weighted by Gasteiger charge is 2.22. The van der Waals surface area contributed by atoms with Gasteiger partial charge in [0, 0.05) is 28.8 Å². The van der Waals surface area contributed by atoms with Gasteiger partial charge in [-0.15, -0.1) is 4.33 Å². The van der Waals surface area contributed by atoms with Crippen LogP contribution in [0.5, 0.6) is 0 Å². The average Bonchev–Trinajstić information content (AvgIpc) is 3.30. The summed E-state index contributed by atoms with van der Waals surface area (Å²) in [5.41, 5.74) is 2.66. The van der Waals surface area contributed by atoms with E-state index in [1.54, 1.807) is 43.3 Å². The van der Waals surface area contributed by atoms with Gasteiger partial charge in [0.15, 0.2) is 5.82 Å². The molecule has 1 heterocycles. The molecule has 0 saturated carbocycles. The van der Waals surface area contributed by atoms with Crippen LogP contribution in [0.1, 0.15) is 26.5 Å². The Morgan fingerprint density at radius 3 is 2.49 bits per heavy atom. The lowest BCUT2D eigenvalue weighted by Crippen LogP contribution is -2.17. The number of aromatic nitrogens is 2. The van der Waals surface area contributed by atoms with Gasteiger partial charge in [0.2, 0.25) is 0 Å². The Bertz CT molecular complexity index is 1620. The van der Waals surface area contributed by atoms with Crippen molar-refractivity contribution in [1.82, 2.24) is 15.3 Å². The third kappa shape index (κ3) is 5.80. The van der Waals surface area contributed by atoms with Crippen LogP contribution >= 0.6 is 12.0 Å². The van der Waals surface area contributed by atoms with Crippen LogP contribution in [0, 0.1) is 6.92 Å². The zero-order valence-corrected chi connectivity index (χ0v) is 20.9. The van der Waals surface area contributed by atoms with Crippen LogP contribution in [0.15, 0.2) is 64.4 Å². The van der Waals surface area contributed by atoms with Crippen LogP contribution < -0.4 is 10.6 Å². The van der Waals surface area contributed by atoms with Crippen LogP contribution in [0.3, 0.4) is 0 Å². The number of benzene rings is 3. The Balaban J connectivity index is 1.68. The maximum atomic E-state index is 12.8. The Kier molecular flexibility index (Phi) is 7.58. The lowest BCUT2D eigenvalue weighted by molar-refractivity contribution is -0.432. The van der Waals surface area contributed by atoms with Crippen LogP contribution in [0.4, 0.5) is 5.69 Å². The number of imidazole rings is 1. The van der Waals surface area contributed by atoms with Gasteiger partial charge in [0.05, 0.1) is 23.1 Å². The van der Waals surface area contributed by atoms with Crippen molar-refractivity contribution in [1.29, 1.82) is 0 Å². The number of carbonyl (C=O) groups excluding carboxylic acids is 2. The normalized spacial score (nSPS) is 11.5. The minimum absolute atomic E-state index is 0.0695. The predicted octanol–water partition coefficient (Wildman–Crippen LogP) is 3.83. The second-order valence-electron chi connectivity index (χ2n) is 7.76. The van der Waals surface area contributed by atoms with E-state index < -0.39 is 20.9 Å². The second kappa shape index (κ2) is 10.7. The fourth-order valence-electron chi connectivity index (χ4n) is 3.60. The summed E-state index contributed by atoms with van der Waals surface area (Å²) < 4.78 is 38.9. The second-order valence-corrected chi connectivity index (χ2v) is 9.89. The molecular weight excluding hydrogens is 524 g/mol. The lowest BCUT2D eigenvalue weighted by atomic mass is 10.0. The molecule has 192 valence electrons. The SMILES string of the molecule is CNC(=O)c1ccc2nc(C(=O)Nc3ccc(-c4ccc(C)cc4SOOO)c(S(=O)(=O)O)c3)[nH]c2c1. The first-order valence-electron chi connectivity index (χ1n) is 10.5. The van der Waals surface area contributed by atoms with E-state index in [9.17, 15) is 22.6 Å². The van der Waals surface area contributed by atoms with Crippen molar-refractivity contribution in [2.24, 2.45) is 0 Å². The van der Waals surface area contributed by atoms with Crippen LogP contribution in [0.25, 0.3) is 22.2 Å². The third-order valence-electron chi connectivity index (χ3n) is 5.29. The minimum atomic E-state index is -4.73. The summed E-state index contributed by atoms with van der Waals surface area (Å²) in [6.07, 6.45) is 0. The molecule has 0 aliphatic rings. The molecule has 1 aromatic heterocycles. The zero-order chi connectivity index (χ0) is 26.7. The van der Waals surface area contributed by atoms with Gasteiger partial charge in [-0.1, -0.05) is 23.2 Å². The molecule has 0 aliphatic heterocycles. The molecule has 4 aromatic rings. The first-order valence-corrected chi connectivity index (χ1v) is 12.7. The number of rotatable bonds is 8. The molecule has 5 N–H and O–H groups in total. The number of anilines is 1. The van der Waals surface area contributed by atoms with Crippen LogP contribution in [0.2, 0.25) is 0 Å². The molecule has 0 fully saturated rings. The number of H-pyrrole nitrogens is 1. The van der Waals surface area contributed by atoms with Gasteiger partial charge in [0.1, 0.15) is 4.90 Å². The third-order valence-corrected chi connectivity index (χ3v) is 6.82. The molecule has 3 aromatic carbocycles. The van der Waals surface area contributed by atoms with E-state index in [1.165, 1.54) is 19.2 Å². The van der Waals surface area contributed by atoms with Gasteiger partial charge in [-0.2, -0.15) is 8.42 Å². The summed E-state index contributed by atoms with van der Waals surface area (Å²) in [6, 6.07) is 13.7. The summed E-state index contributed by atoms with van der Waals surface area (Å²) in [4.78, 5) is 31.6. The van der Waals surface area contributed by atoms with Gasteiger partial charge in [-0.3, -0.25) is 14.1 Å². The van der Waals surface area contributed by atoms with Crippen molar-refractivity contribution in [2.45, 2.75) is 16.7 Å². The monoisotopic (exact) mass is 544 g/mol. The van der Waals surface area contributed by atoms with Crippen molar-refractivity contribution in [2.75, 3.05) is 12.4 Å². The first kappa shape index (κ1) is 26.3. The quantitative estimate of drug-likeness (QED) is 0.0947. The van der Waals surface area contributed by atoms with Gasteiger partial charge in [-0.05, 0) is 54.4 Å². The molecule has 0 radical (unpaired) electrons. The van der Waals surface area contributed by atoms with E-state index in [-0.39, 0.29) is 23.0 Å².